The number of likely N-dealkylation sites (N-methyl/N-ethyl adjacent to an activating group) is 1. The van der Waals surface area contributed by atoms with Gasteiger partial charge < -0.3 is 9.64 Å². The molecule has 0 saturated carbocycles. The molecule has 0 N–H and O–H groups in total. The van der Waals surface area contributed by atoms with Crippen molar-refractivity contribution in [2.45, 2.75) is 33.2 Å². The van der Waals surface area contributed by atoms with Gasteiger partial charge in [-0.25, -0.2) is 0 Å². The zero-order chi connectivity index (χ0) is 15.8. The molecular weight excluding hydrogens is 272 g/mol. The minimum Gasteiger partial charge on any atom is -0.456 e. The van der Waals surface area contributed by atoms with Gasteiger partial charge in [0.05, 0.1) is 31.1 Å². The Balaban J connectivity index is 2.30. The second-order valence-electron chi connectivity index (χ2n) is 4.78. The van der Waals surface area contributed by atoms with E-state index in [0.717, 1.165) is 11.4 Å². The number of ether oxygens (including phenoxy) is 1. The van der Waals surface area contributed by atoms with Crippen LogP contribution in [0.1, 0.15) is 24.2 Å². The van der Waals surface area contributed by atoms with Crippen LogP contribution in [0.15, 0.2) is 6.07 Å². The molecular formula is C14H20N4O3. The zero-order valence-electron chi connectivity index (χ0n) is 12.6. The van der Waals surface area contributed by atoms with E-state index >= 15 is 0 Å². The summed E-state index contributed by atoms with van der Waals surface area (Å²) in [4.78, 5) is 24.6. The molecule has 0 aliphatic rings. The van der Waals surface area contributed by atoms with Crippen molar-refractivity contribution in [3.63, 3.8) is 0 Å². The van der Waals surface area contributed by atoms with Crippen LogP contribution < -0.4 is 0 Å². The summed E-state index contributed by atoms with van der Waals surface area (Å²) in [7, 11) is 1.57. The van der Waals surface area contributed by atoms with Gasteiger partial charge in [0.25, 0.3) is 5.91 Å². The average molecular weight is 292 g/mol. The van der Waals surface area contributed by atoms with E-state index in [1.165, 1.54) is 4.90 Å². The quantitative estimate of drug-likeness (QED) is 0.694. The molecule has 0 unspecified atom stereocenters. The Morgan fingerprint density at radius 2 is 2.19 bits per heavy atom. The van der Waals surface area contributed by atoms with Gasteiger partial charge in [-0.05, 0) is 19.9 Å². The smallest absolute Gasteiger partial charge is 0.308 e. The number of esters is 1. The SMILES string of the molecule is Cc1cc(C)n(CCC(=O)OCC(=O)N(C)CCC#N)n1. The van der Waals surface area contributed by atoms with Gasteiger partial charge in [0.15, 0.2) is 6.61 Å². The third-order valence-corrected chi connectivity index (χ3v) is 2.97. The summed E-state index contributed by atoms with van der Waals surface area (Å²) in [6, 6.07) is 3.88. The number of amides is 1. The number of hydrogen-bond donors (Lipinski definition) is 0. The molecule has 114 valence electrons. The average Bonchev–Trinajstić information content (AvgIpc) is 2.77. The lowest BCUT2D eigenvalue weighted by Crippen LogP contribution is -2.32. The van der Waals surface area contributed by atoms with Crippen LogP contribution in [0.3, 0.4) is 0 Å². The van der Waals surface area contributed by atoms with E-state index in [9.17, 15) is 9.59 Å². The van der Waals surface area contributed by atoms with E-state index in [2.05, 4.69) is 5.10 Å². The van der Waals surface area contributed by atoms with Crippen molar-refractivity contribution in [2.24, 2.45) is 0 Å². The topological polar surface area (TPSA) is 88.2 Å². The first-order valence-electron chi connectivity index (χ1n) is 6.71. The van der Waals surface area contributed by atoms with Gasteiger partial charge in [-0.3, -0.25) is 14.3 Å². The Morgan fingerprint density at radius 1 is 1.48 bits per heavy atom. The van der Waals surface area contributed by atoms with E-state index in [4.69, 9.17) is 10.00 Å². The summed E-state index contributed by atoms with van der Waals surface area (Å²) >= 11 is 0. The third-order valence-electron chi connectivity index (χ3n) is 2.97. The summed E-state index contributed by atoms with van der Waals surface area (Å²) in [6.07, 6.45) is 0.422. The molecule has 21 heavy (non-hydrogen) atoms. The number of aromatic nitrogens is 2. The molecule has 0 spiro atoms. The second-order valence-corrected chi connectivity index (χ2v) is 4.78. The number of carbonyl (C=O) groups excluding carboxylic acids is 2. The first kappa shape index (κ1) is 16.7. The van der Waals surface area contributed by atoms with Gasteiger partial charge in [0, 0.05) is 19.3 Å². The molecule has 0 radical (unpaired) electrons. The van der Waals surface area contributed by atoms with Crippen molar-refractivity contribution in [3.8, 4) is 6.07 Å². The van der Waals surface area contributed by atoms with Crippen LogP contribution >= 0.6 is 0 Å². The number of carbonyl (C=O) groups is 2. The highest BCUT2D eigenvalue weighted by molar-refractivity contribution is 5.80. The Kier molecular flexibility index (Phi) is 6.40. The number of nitriles is 1. The molecule has 0 bridgehead atoms. The summed E-state index contributed by atoms with van der Waals surface area (Å²) in [6.45, 7) is 4.27. The Labute approximate surface area is 124 Å². The largest absolute Gasteiger partial charge is 0.456 e. The highest BCUT2D eigenvalue weighted by Gasteiger charge is 2.12. The summed E-state index contributed by atoms with van der Waals surface area (Å²) in [5.74, 6) is -0.755. The van der Waals surface area contributed by atoms with Crippen molar-refractivity contribution in [1.82, 2.24) is 14.7 Å². The Bertz CT molecular complexity index is 545. The normalized spacial score (nSPS) is 10.0. The molecule has 1 heterocycles. The molecule has 0 aliphatic carbocycles. The molecule has 7 nitrogen and oxygen atoms in total. The number of hydrogen-bond acceptors (Lipinski definition) is 5. The summed E-state index contributed by atoms with van der Waals surface area (Å²) in [5, 5.41) is 12.7. The Hall–Kier alpha value is -2.36. The van der Waals surface area contributed by atoms with Crippen molar-refractivity contribution >= 4 is 11.9 Å². The van der Waals surface area contributed by atoms with E-state index in [0.29, 0.717) is 13.1 Å². The van der Waals surface area contributed by atoms with Gasteiger partial charge in [-0.15, -0.1) is 0 Å². The molecule has 1 rings (SSSR count). The van der Waals surface area contributed by atoms with Crippen molar-refractivity contribution in [3.05, 3.63) is 17.5 Å². The van der Waals surface area contributed by atoms with Gasteiger partial charge in [0.1, 0.15) is 0 Å². The number of aryl methyl sites for hydroxylation is 3. The fourth-order valence-corrected chi connectivity index (χ4v) is 1.77. The van der Waals surface area contributed by atoms with Crippen LogP contribution in [0.2, 0.25) is 0 Å². The van der Waals surface area contributed by atoms with Crippen molar-refractivity contribution < 1.29 is 14.3 Å². The van der Waals surface area contributed by atoms with Crippen molar-refractivity contribution in [1.29, 1.82) is 5.26 Å². The highest BCUT2D eigenvalue weighted by atomic mass is 16.5. The zero-order valence-corrected chi connectivity index (χ0v) is 12.6. The van der Waals surface area contributed by atoms with Gasteiger partial charge in [-0.2, -0.15) is 10.4 Å². The molecule has 7 heteroatoms. The van der Waals surface area contributed by atoms with E-state index < -0.39 is 5.97 Å². The van der Waals surface area contributed by atoms with Crippen LogP contribution in [0.25, 0.3) is 0 Å². The van der Waals surface area contributed by atoms with E-state index in [1.807, 2.05) is 26.0 Å². The predicted molar refractivity (Wildman–Crippen MR) is 75.1 cm³/mol. The van der Waals surface area contributed by atoms with Gasteiger partial charge in [0.2, 0.25) is 0 Å². The predicted octanol–water partition coefficient (Wildman–Crippen LogP) is 0.805. The monoisotopic (exact) mass is 292 g/mol. The number of nitrogens with zero attached hydrogens (tertiary/aromatic N) is 4. The standard InChI is InChI=1S/C14H20N4O3/c1-11-9-12(2)18(16-11)8-5-14(20)21-10-13(19)17(3)7-4-6-15/h9H,4-5,7-8,10H2,1-3H3. The molecule has 0 saturated heterocycles. The first-order chi connectivity index (χ1) is 9.93. The minimum absolute atomic E-state index is 0.164. The molecule has 0 fully saturated rings. The molecule has 0 atom stereocenters. The maximum Gasteiger partial charge on any atom is 0.308 e. The van der Waals surface area contributed by atoms with E-state index in [1.54, 1.807) is 11.7 Å². The van der Waals surface area contributed by atoms with Crippen LogP contribution in [0.4, 0.5) is 0 Å². The summed E-state index contributed by atoms with van der Waals surface area (Å²) < 4.78 is 6.65. The lowest BCUT2D eigenvalue weighted by atomic mass is 10.4. The molecule has 1 aromatic rings. The molecule has 0 aliphatic heterocycles. The molecule has 1 aromatic heterocycles. The second kappa shape index (κ2) is 8.04. The molecule has 1 amide bonds. The maximum atomic E-state index is 11.6. The van der Waals surface area contributed by atoms with Crippen LogP contribution in [-0.2, 0) is 20.9 Å². The van der Waals surface area contributed by atoms with Crippen LogP contribution in [-0.4, -0.2) is 46.8 Å². The summed E-state index contributed by atoms with van der Waals surface area (Å²) in [5.41, 5.74) is 1.88. The van der Waals surface area contributed by atoms with Crippen molar-refractivity contribution in [2.75, 3.05) is 20.2 Å². The minimum atomic E-state index is -0.440. The Morgan fingerprint density at radius 3 is 2.76 bits per heavy atom. The van der Waals surface area contributed by atoms with Gasteiger partial charge >= 0.3 is 5.97 Å². The lowest BCUT2D eigenvalue weighted by Gasteiger charge is -2.15. The highest BCUT2D eigenvalue weighted by Crippen LogP contribution is 2.03. The van der Waals surface area contributed by atoms with Gasteiger partial charge in [-0.1, -0.05) is 0 Å². The van der Waals surface area contributed by atoms with E-state index in [-0.39, 0.29) is 25.4 Å². The number of rotatable bonds is 7. The maximum absolute atomic E-state index is 11.6. The molecule has 0 aromatic carbocycles. The van der Waals surface area contributed by atoms with Crippen LogP contribution in [0.5, 0.6) is 0 Å². The third kappa shape index (κ3) is 5.65. The fourth-order valence-electron chi connectivity index (χ4n) is 1.77. The fraction of sp³-hybridized carbons (Fsp3) is 0.571. The first-order valence-corrected chi connectivity index (χ1v) is 6.71. The lowest BCUT2D eigenvalue weighted by molar-refractivity contribution is -0.151. The van der Waals surface area contributed by atoms with Crippen LogP contribution in [0, 0.1) is 25.2 Å².